The third-order valence-electron chi connectivity index (χ3n) is 3.63. The molecule has 0 heterocycles. The van der Waals surface area contributed by atoms with Gasteiger partial charge in [0.05, 0.1) is 6.42 Å². The molecule has 22 heavy (non-hydrogen) atoms. The molecule has 0 aliphatic rings. The molecule has 3 heteroatoms. The van der Waals surface area contributed by atoms with Crippen molar-refractivity contribution >= 4 is 16.7 Å². The average molecular weight is 293 g/mol. The maximum atomic E-state index is 12.8. The fourth-order valence-electron chi connectivity index (χ4n) is 2.49. The Hall–Kier alpha value is -2.68. The minimum absolute atomic E-state index is 0.0699. The van der Waals surface area contributed by atoms with Gasteiger partial charge in [0.15, 0.2) is 0 Å². The zero-order valence-corrected chi connectivity index (χ0v) is 12.1. The van der Waals surface area contributed by atoms with Crippen molar-refractivity contribution < 1.29 is 9.18 Å². The lowest BCUT2D eigenvalue weighted by molar-refractivity contribution is -0.120. The fourth-order valence-corrected chi connectivity index (χ4v) is 2.49. The first kappa shape index (κ1) is 14.3. The molecule has 0 atom stereocenters. The third kappa shape index (κ3) is 3.31. The summed E-state index contributed by atoms with van der Waals surface area (Å²) in [6.07, 6.45) is 0.255. The van der Waals surface area contributed by atoms with E-state index in [2.05, 4.69) is 23.5 Å². The fraction of sp³-hybridized carbons (Fsp3) is 0.105. The molecule has 0 saturated heterocycles. The Kier molecular flexibility index (Phi) is 4.15. The van der Waals surface area contributed by atoms with Gasteiger partial charge in [-0.2, -0.15) is 0 Å². The van der Waals surface area contributed by atoms with Gasteiger partial charge in [0.2, 0.25) is 5.91 Å². The lowest BCUT2D eigenvalue weighted by Crippen LogP contribution is -2.24. The molecule has 0 aliphatic carbocycles. The molecule has 110 valence electrons. The molecule has 1 amide bonds. The molecular weight excluding hydrogens is 277 g/mol. The van der Waals surface area contributed by atoms with Crippen molar-refractivity contribution in [1.29, 1.82) is 0 Å². The minimum Gasteiger partial charge on any atom is -0.352 e. The van der Waals surface area contributed by atoms with Crippen LogP contribution in [0.25, 0.3) is 10.8 Å². The van der Waals surface area contributed by atoms with E-state index in [0.29, 0.717) is 6.54 Å². The highest BCUT2D eigenvalue weighted by molar-refractivity contribution is 5.86. The van der Waals surface area contributed by atoms with Gasteiger partial charge >= 0.3 is 0 Å². The van der Waals surface area contributed by atoms with E-state index in [0.717, 1.165) is 21.9 Å². The Morgan fingerprint density at radius 3 is 2.45 bits per heavy atom. The molecule has 0 saturated carbocycles. The molecule has 0 spiro atoms. The van der Waals surface area contributed by atoms with Crippen molar-refractivity contribution in [3.63, 3.8) is 0 Å². The van der Waals surface area contributed by atoms with Crippen LogP contribution in [-0.4, -0.2) is 5.91 Å². The van der Waals surface area contributed by atoms with Crippen molar-refractivity contribution in [2.24, 2.45) is 0 Å². The van der Waals surface area contributed by atoms with Gasteiger partial charge < -0.3 is 5.32 Å². The molecule has 3 aromatic carbocycles. The Morgan fingerprint density at radius 1 is 0.909 bits per heavy atom. The zero-order chi connectivity index (χ0) is 15.4. The van der Waals surface area contributed by atoms with E-state index in [1.54, 1.807) is 12.1 Å². The summed E-state index contributed by atoms with van der Waals surface area (Å²) >= 11 is 0. The summed E-state index contributed by atoms with van der Waals surface area (Å²) in [5.74, 6) is -0.362. The monoisotopic (exact) mass is 293 g/mol. The number of amides is 1. The molecule has 0 aromatic heterocycles. The smallest absolute Gasteiger partial charge is 0.224 e. The van der Waals surface area contributed by atoms with Crippen LogP contribution < -0.4 is 5.32 Å². The van der Waals surface area contributed by atoms with E-state index in [9.17, 15) is 9.18 Å². The van der Waals surface area contributed by atoms with Crippen LogP contribution in [0.2, 0.25) is 0 Å². The number of halogens is 1. The third-order valence-corrected chi connectivity index (χ3v) is 3.63. The number of carbonyl (C=O) groups is 1. The van der Waals surface area contributed by atoms with Gasteiger partial charge in [-0.05, 0) is 34.0 Å². The highest BCUT2D eigenvalue weighted by Crippen LogP contribution is 2.18. The highest BCUT2D eigenvalue weighted by Gasteiger charge is 2.05. The van der Waals surface area contributed by atoms with Gasteiger partial charge in [0.25, 0.3) is 0 Å². The molecule has 0 unspecified atom stereocenters. The Bertz CT molecular complexity index is 791. The number of rotatable bonds is 4. The average Bonchev–Trinajstić information content (AvgIpc) is 2.55. The predicted molar refractivity (Wildman–Crippen MR) is 85.9 cm³/mol. The van der Waals surface area contributed by atoms with Gasteiger partial charge in [-0.25, -0.2) is 4.39 Å². The molecule has 3 rings (SSSR count). The van der Waals surface area contributed by atoms with Crippen LogP contribution in [0.3, 0.4) is 0 Å². The lowest BCUT2D eigenvalue weighted by atomic mass is 10.0. The topological polar surface area (TPSA) is 29.1 Å². The normalized spacial score (nSPS) is 10.6. The zero-order valence-electron chi connectivity index (χ0n) is 12.1. The standard InChI is InChI=1S/C19H16FNO/c20-17-10-8-14(9-11-17)12-19(22)21-13-16-6-3-5-15-4-1-2-7-18(15)16/h1-11H,12-13H2,(H,21,22). The van der Waals surface area contributed by atoms with Crippen LogP contribution >= 0.6 is 0 Å². The summed E-state index contributed by atoms with van der Waals surface area (Å²) in [7, 11) is 0. The summed E-state index contributed by atoms with van der Waals surface area (Å²) in [5.41, 5.74) is 1.89. The lowest BCUT2D eigenvalue weighted by Gasteiger charge is -2.08. The van der Waals surface area contributed by atoms with Crippen molar-refractivity contribution in [2.45, 2.75) is 13.0 Å². The van der Waals surface area contributed by atoms with Crippen molar-refractivity contribution in [3.8, 4) is 0 Å². The highest BCUT2D eigenvalue weighted by atomic mass is 19.1. The van der Waals surface area contributed by atoms with Crippen LogP contribution in [0.1, 0.15) is 11.1 Å². The minimum atomic E-state index is -0.292. The molecule has 0 bridgehead atoms. The van der Waals surface area contributed by atoms with E-state index in [-0.39, 0.29) is 18.1 Å². The Morgan fingerprint density at radius 2 is 1.64 bits per heavy atom. The quantitative estimate of drug-likeness (QED) is 0.778. The van der Waals surface area contributed by atoms with E-state index in [1.807, 2.05) is 24.3 Å². The molecule has 1 N–H and O–H groups in total. The number of nitrogens with one attached hydrogen (secondary N) is 1. The predicted octanol–water partition coefficient (Wildman–Crippen LogP) is 3.84. The summed E-state index contributed by atoms with van der Waals surface area (Å²) < 4.78 is 12.8. The largest absolute Gasteiger partial charge is 0.352 e. The van der Waals surface area contributed by atoms with Crippen molar-refractivity contribution in [3.05, 3.63) is 83.7 Å². The number of benzene rings is 3. The van der Waals surface area contributed by atoms with Gasteiger partial charge in [-0.15, -0.1) is 0 Å². The first-order valence-corrected chi connectivity index (χ1v) is 7.20. The number of hydrogen-bond acceptors (Lipinski definition) is 1. The Balaban J connectivity index is 1.66. The summed E-state index contributed by atoms with van der Waals surface area (Å²) in [4.78, 5) is 12.0. The molecule has 0 radical (unpaired) electrons. The van der Waals surface area contributed by atoms with Gasteiger partial charge in [0, 0.05) is 6.54 Å². The van der Waals surface area contributed by atoms with Gasteiger partial charge in [-0.1, -0.05) is 54.6 Å². The first-order chi connectivity index (χ1) is 10.7. The van der Waals surface area contributed by atoms with Gasteiger partial charge in [0.1, 0.15) is 5.82 Å². The van der Waals surface area contributed by atoms with Gasteiger partial charge in [-0.3, -0.25) is 4.79 Å². The van der Waals surface area contributed by atoms with Crippen molar-refractivity contribution in [1.82, 2.24) is 5.32 Å². The Labute approximate surface area is 128 Å². The van der Waals surface area contributed by atoms with Crippen LogP contribution in [0.15, 0.2) is 66.7 Å². The van der Waals surface area contributed by atoms with E-state index >= 15 is 0 Å². The number of hydrogen-bond donors (Lipinski definition) is 1. The molecule has 0 fully saturated rings. The maximum absolute atomic E-state index is 12.8. The second-order valence-electron chi connectivity index (χ2n) is 5.22. The molecular formula is C19H16FNO. The second kappa shape index (κ2) is 6.39. The summed E-state index contributed by atoms with van der Waals surface area (Å²) in [5, 5.41) is 5.23. The first-order valence-electron chi connectivity index (χ1n) is 7.20. The van der Waals surface area contributed by atoms with Crippen LogP contribution in [0.5, 0.6) is 0 Å². The van der Waals surface area contributed by atoms with Crippen molar-refractivity contribution in [2.75, 3.05) is 0 Å². The summed E-state index contributed by atoms with van der Waals surface area (Å²) in [6.45, 7) is 0.487. The van der Waals surface area contributed by atoms with E-state index in [4.69, 9.17) is 0 Å². The van der Waals surface area contributed by atoms with E-state index < -0.39 is 0 Å². The second-order valence-corrected chi connectivity index (χ2v) is 5.22. The molecule has 3 aromatic rings. The number of fused-ring (bicyclic) bond motifs is 1. The van der Waals surface area contributed by atoms with E-state index in [1.165, 1.54) is 12.1 Å². The van der Waals surface area contributed by atoms with Crippen LogP contribution in [0, 0.1) is 5.82 Å². The number of carbonyl (C=O) groups excluding carboxylic acids is 1. The van der Waals surface area contributed by atoms with Crippen LogP contribution in [-0.2, 0) is 17.8 Å². The molecule has 2 nitrogen and oxygen atoms in total. The van der Waals surface area contributed by atoms with Crippen LogP contribution in [0.4, 0.5) is 4.39 Å². The SMILES string of the molecule is O=C(Cc1ccc(F)cc1)NCc1cccc2ccccc12. The maximum Gasteiger partial charge on any atom is 0.224 e. The molecule has 0 aliphatic heterocycles. The summed E-state index contributed by atoms with van der Waals surface area (Å²) in [6, 6.07) is 20.2.